The molecule has 0 aromatic carbocycles. The highest BCUT2D eigenvalue weighted by Crippen LogP contribution is 1.99. The van der Waals surface area contributed by atoms with Gasteiger partial charge in [-0.2, -0.15) is 11.8 Å². The van der Waals surface area contributed by atoms with Crippen LogP contribution in [0.4, 0.5) is 0 Å². The van der Waals surface area contributed by atoms with Gasteiger partial charge in [-0.15, -0.1) is 0 Å². The fraction of sp³-hybridized carbons (Fsp3) is 0.800. The molecule has 0 aliphatic heterocycles. The van der Waals surface area contributed by atoms with Crippen molar-refractivity contribution in [1.82, 2.24) is 5.43 Å². The van der Waals surface area contributed by atoms with Crippen molar-refractivity contribution in [3.05, 3.63) is 0 Å². The van der Waals surface area contributed by atoms with Crippen molar-refractivity contribution >= 4 is 17.7 Å². The smallest absolute Gasteiger partial charge is 0.243 e. The minimum absolute atomic E-state index is 0.137. The van der Waals surface area contributed by atoms with E-state index in [4.69, 9.17) is 11.6 Å². The second-order valence-corrected chi connectivity index (χ2v) is 2.87. The predicted molar refractivity (Wildman–Crippen MR) is 43.3 cm³/mol. The van der Waals surface area contributed by atoms with Gasteiger partial charge >= 0.3 is 0 Å². The number of amides is 1. The van der Waals surface area contributed by atoms with Crippen molar-refractivity contribution in [2.45, 2.75) is 6.42 Å². The Morgan fingerprint density at radius 1 is 1.60 bits per heavy atom. The van der Waals surface area contributed by atoms with E-state index >= 15 is 0 Å². The van der Waals surface area contributed by atoms with Crippen LogP contribution >= 0.6 is 11.8 Å². The van der Waals surface area contributed by atoms with Crippen LogP contribution in [0.3, 0.4) is 0 Å². The summed E-state index contributed by atoms with van der Waals surface area (Å²) in [5.74, 6) is 6.06. The Morgan fingerprint density at radius 3 is 2.80 bits per heavy atom. The SMILES string of the molecule is NCCCSCC(=O)NN. The molecule has 1 amide bonds. The molecular formula is C5H13N3OS. The first-order chi connectivity index (χ1) is 4.81. The summed E-state index contributed by atoms with van der Waals surface area (Å²) in [7, 11) is 0. The van der Waals surface area contributed by atoms with Gasteiger partial charge in [0.2, 0.25) is 5.91 Å². The monoisotopic (exact) mass is 163 g/mol. The Balaban J connectivity index is 2.96. The third kappa shape index (κ3) is 5.87. The number of carbonyl (C=O) groups is 1. The van der Waals surface area contributed by atoms with Crippen LogP contribution in [0, 0.1) is 0 Å². The molecule has 0 aliphatic rings. The first kappa shape index (κ1) is 9.74. The van der Waals surface area contributed by atoms with E-state index in [1.807, 2.05) is 0 Å². The van der Waals surface area contributed by atoms with Crippen molar-refractivity contribution in [2.75, 3.05) is 18.1 Å². The summed E-state index contributed by atoms with van der Waals surface area (Å²) in [4.78, 5) is 10.5. The van der Waals surface area contributed by atoms with Crippen molar-refractivity contribution in [3.63, 3.8) is 0 Å². The Morgan fingerprint density at radius 2 is 2.30 bits per heavy atom. The highest BCUT2D eigenvalue weighted by molar-refractivity contribution is 7.99. The maximum Gasteiger partial charge on any atom is 0.243 e. The van der Waals surface area contributed by atoms with Gasteiger partial charge in [-0.3, -0.25) is 10.2 Å². The molecule has 5 N–H and O–H groups in total. The molecule has 0 rings (SSSR count). The number of rotatable bonds is 5. The van der Waals surface area contributed by atoms with Gasteiger partial charge in [-0.25, -0.2) is 5.84 Å². The lowest BCUT2D eigenvalue weighted by Crippen LogP contribution is -2.31. The average molecular weight is 163 g/mol. The van der Waals surface area contributed by atoms with Crippen molar-refractivity contribution in [3.8, 4) is 0 Å². The van der Waals surface area contributed by atoms with E-state index in [2.05, 4.69) is 5.43 Å². The van der Waals surface area contributed by atoms with E-state index in [0.717, 1.165) is 12.2 Å². The lowest BCUT2D eigenvalue weighted by atomic mass is 10.5. The molecule has 0 aliphatic carbocycles. The van der Waals surface area contributed by atoms with Crippen LogP contribution in [0.15, 0.2) is 0 Å². The maximum absolute atomic E-state index is 10.5. The summed E-state index contributed by atoms with van der Waals surface area (Å²) < 4.78 is 0. The Hall–Kier alpha value is -0.260. The number of carbonyl (C=O) groups excluding carboxylic acids is 1. The summed E-state index contributed by atoms with van der Waals surface area (Å²) in [5.41, 5.74) is 7.29. The molecule has 0 atom stereocenters. The van der Waals surface area contributed by atoms with E-state index in [-0.39, 0.29) is 5.91 Å². The molecule has 10 heavy (non-hydrogen) atoms. The molecule has 0 fully saturated rings. The van der Waals surface area contributed by atoms with E-state index in [1.54, 1.807) is 0 Å². The van der Waals surface area contributed by atoms with E-state index in [0.29, 0.717) is 12.3 Å². The van der Waals surface area contributed by atoms with Gasteiger partial charge in [-0.05, 0) is 18.7 Å². The summed E-state index contributed by atoms with van der Waals surface area (Å²) in [5, 5.41) is 0. The molecule has 4 nitrogen and oxygen atoms in total. The fourth-order valence-corrected chi connectivity index (χ4v) is 1.18. The van der Waals surface area contributed by atoms with E-state index < -0.39 is 0 Å². The molecule has 0 radical (unpaired) electrons. The quantitative estimate of drug-likeness (QED) is 0.211. The highest BCUT2D eigenvalue weighted by atomic mass is 32.2. The minimum atomic E-state index is -0.137. The van der Waals surface area contributed by atoms with Crippen molar-refractivity contribution in [2.24, 2.45) is 11.6 Å². The Labute approximate surface area is 64.7 Å². The molecule has 0 saturated carbocycles. The van der Waals surface area contributed by atoms with Crippen LogP contribution < -0.4 is 17.0 Å². The van der Waals surface area contributed by atoms with E-state index in [9.17, 15) is 4.79 Å². The third-order valence-corrected chi connectivity index (χ3v) is 1.93. The van der Waals surface area contributed by atoms with Crippen LogP contribution in [-0.4, -0.2) is 24.0 Å². The molecule has 0 aromatic heterocycles. The van der Waals surface area contributed by atoms with Crippen LogP contribution in [0.25, 0.3) is 0 Å². The van der Waals surface area contributed by atoms with Crippen LogP contribution in [0.2, 0.25) is 0 Å². The van der Waals surface area contributed by atoms with Gasteiger partial charge in [0, 0.05) is 0 Å². The van der Waals surface area contributed by atoms with Gasteiger partial charge in [0.15, 0.2) is 0 Å². The Kier molecular flexibility index (Phi) is 6.68. The standard InChI is InChI=1S/C5H13N3OS/c6-2-1-3-10-4-5(9)8-7/h1-4,6-7H2,(H,8,9). The zero-order valence-electron chi connectivity index (χ0n) is 5.80. The molecule has 60 valence electrons. The second kappa shape index (κ2) is 6.85. The number of hydrogen-bond donors (Lipinski definition) is 3. The van der Waals surface area contributed by atoms with Gasteiger partial charge < -0.3 is 5.73 Å². The van der Waals surface area contributed by atoms with E-state index in [1.165, 1.54) is 11.8 Å². The Bertz CT molecular complexity index is 98.9. The largest absolute Gasteiger partial charge is 0.330 e. The minimum Gasteiger partial charge on any atom is -0.330 e. The average Bonchev–Trinajstić information content (AvgIpc) is 1.98. The molecule has 0 aromatic rings. The summed E-state index contributed by atoms with van der Waals surface area (Å²) >= 11 is 1.54. The molecular weight excluding hydrogens is 150 g/mol. The normalized spacial score (nSPS) is 9.40. The number of hydrazine groups is 1. The van der Waals surface area contributed by atoms with Gasteiger partial charge in [0.1, 0.15) is 0 Å². The number of hydrogen-bond acceptors (Lipinski definition) is 4. The van der Waals surface area contributed by atoms with Gasteiger partial charge in [0.05, 0.1) is 5.75 Å². The first-order valence-corrected chi connectivity index (χ1v) is 4.24. The fourth-order valence-electron chi connectivity index (χ4n) is 0.392. The summed E-state index contributed by atoms with van der Waals surface area (Å²) in [6.07, 6.45) is 0.947. The molecule has 0 heterocycles. The topological polar surface area (TPSA) is 81.1 Å². The molecule has 0 saturated heterocycles. The predicted octanol–water partition coefficient (Wildman–Crippen LogP) is -0.942. The number of nitrogens with two attached hydrogens (primary N) is 2. The zero-order valence-corrected chi connectivity index (χ0v) is 6.62. The molecule has 0 spiro atoms. The lowest BCUT2D eigenvalue weighted by molar-refractivity contribution is -0.118. The van der Waals surface area contributed by atoms with Crippen LogP contribution in [-0.2, 0) is 4.79 Å². The lowest BCUT2D eigenvalue weighted by Gasteiger charge is -1.97. The van der Waals surface area contributed by atoms with Crippen molar-refractivity contribution < 1.29 is 4.79 Å². The maximum atomic E-state index is 10.5. The third-order valence-electron chi connectivity index (χ3n) is 0.887. The summed E-state index contributed by atoms with van der Waals surface area (Å²) in [6, 6.07) is 0. The highest BCUT2D eigenvalue weighted by Gasteiger charge is 1.95. The van der Waals surface area contributed by atoms with Crippen LogP contribution in [0.5, 0.6) is 0 Å². The second-order valence-electron chi connectivity index (χ2n) is 1.76. The molecule has 0 unspecified atom stereocenters. The van der Waals surface area contributed by atoms with Gasteiger partial charge in [-0.1, -0.05) is 0 Å². The van der Waals surface area contributed by atoms with Crippen LogP contribution in [0.1, 0.15) is 6.42 Å². The molecule has 5 heteroatoms. The number of nitrogens with one attached hydrogen (secondary N) is 1. The first-order valence-electron chi connectivity index (χ1n) is 3.08. The number of thioether (sulfide) groups is 1. The zero-order chi connectivity index (χ0) is 7.82. The summed E-state index contributed by atoms with van der Waals surface area (Å²) in [6.45, 7) is 0.678. The molecule has 0 bridgehead atoms. The van der Waals surface area contributed by atoms with Gasteiger partial charge in [0.25, 0.3) is 0 Å². The van der Waals surface area contributed by atoms with Crippen molar-refractivity contribution in [1.29, 1.82) is 0 Å².